The molecule has 0 aliphatic rings. The van der Waals surface area contributed by atoms with Crippen molar-refractivity contribution in [3.05, 3.63) is 40.9 Å². The van der Waals surface area contributed by atoms with Gasteiger partial charge in [0.2, 0.25) is 40.2 Å². The Hall–Kier alpha value is -8.92. The summed E-state index contributed by atoms with van der Waals surface area (Å²) in [7, 11) is 5.82. The average Bonchev–Trinajstić information content (AvgIpc) is 3.97. The molecule has 0 amide bonds. The molecule has 320 valence electrons. The topological polar surface area (TPSA) is 375 Å². The van der Waals surface area contributed by atoms with Crippen LogP contribution in [-0.4, -0.2) is 99.2 Å². The van der Waals surface area contributed by atoms with Gasteiger partial charge in [-0.05, 0) is 41.4 Å². The van der Waals surface area contributed by atoms with Crippen molar-refractivity contribution in [2.75, 3.05) is 0 Å². The fraction of sp³-hybridized carbons (Fsp3) is 0. The first-order valence-electron chi connectivity index (χ1n) is 18.0. The van der Waals surface area contributed by atoms with Gasteiger partial charge in [-0.25, -0.2) is 0 Å². The van der Waals surface area contributed by atoms with Gasteiger partial charge < -0.3 is 100 Å². The van der Waals surface area contributed by atoms with Crippen LogP contribution in [0, 0.1) is 0 Å². The molecule has 0 spiro atoms. The van der Waals surface area contributed by atoms with Crippen LogP contribution in [0.2, 0.25) is 0 Å². The number of hydrogen-bond donors (Lipinski definition) is 17. The van der Waals surface area contributed by atoms with E-state index in [1.807, 2.05) is 0 Å². The minimum absolute atomic E-state index is 0.137. The van der Waals surface area contributed by atoms with Gasteiger partial charge in [-0.3, -0.25) is 0 Å². The van der Waals surface area contributed by atoms with E-state index in [0.717, 1.165) is 0 Å². The summed E-state index contributed by atoms with van der Waals surface area (Å²) >= 11 is 3.40. The van der Waals surface area contributed by atoms with Crippen molar-refractivity contribution in [1.29, 1.82) is 0 Å². The molecule has 10 aromatic rings. The van der Waals surface area contributed by atoms with Crippen LogP contribution in [0.5, 0.6) is 97.7 Å². The molecule has 0 aliphatic heterocycles. The molecule has 20 nitrogen and oxygen atoms in total. The Morgan fingerprint density at radius 2 is 0.781 bits per heavy atom. The van der Waals surface area contributed by atoms with Crippen LogP contribution in [0.3, 0.4) is 0 Å². The smallest absolute Gasteiger partial charge is 0.208 e. The van der Waals surface area contributed by atoms with Crippen molar-refractivity contribution < 1.29 is 95.6 Å². The minimum atomic E-state index is -1.30. The highest BCUT2D eigenvalue weighted by molar-refractivity contribution is 9.10. The van der Waals surface area contributed by atoms with Crippen LogP contribution in [0.4, 0.5) is 0 Å². The predicted molar refractivity (Wildman–Crippen MR) is 228 cm³/mol. The molecule has 3 aromatic heterocycles. The van der Waals surface area contributed by atoms with Gasteiger partial charge in [-0.2, -0.15) is 0 Å². The van der Waals surface area contributed by atoms with Crippen molar-refractivity contribution in [3.8, 4) is 126 Å². The molecule has 0 bridgehead atoms. The number of fused-ring (bicyclic) bond motifs is 9. The molecule has 17 N–H and O–H groups in total. The Labute approximate surface area is 360 Å². The molecule has 0 aliphatic carbocycles. The van der Waals surface area contributed by atoms with Crippen LogP contribution < -0.4 is 5.46 Å². The summed E-state index contributed by atoms with van der Waals surface area (Å²) in [6.45, 7) is 0. The van der Waals surface area contributed by atoms with Crippen molar-refractivity contribution >= 4 is 94.9 Å². The Kier molecular flexibility index (Phi) is 7.71. The molecule has 2 radical (unpaired) electrons. The number of phenols is 17. The van der Waals surface area contributed by atoms with E-state index in [2.05, 4.69) is 15.9 Å². The van der Waals surface area contributed by atoms with Crippen LogP contribution in [-0.2, 0) is 0 Å². The normalized spacial score (nSPS) is 12.0. The number of hydrogen-bond acceptors (Lipinski definition) is 19. The van der Waals surface area contributed by atoms with E-state index in [4.69, 9.17) is 16.7 Å². The summed E-state index contributed by atoms with van der Waals surface area (Å²) in [5.74, 6) is -19.6. The summed E-state index contributed by atoms with van der Waals surface area (Å²) in [6, 6.07) is 8.62. The van der Waals surface area contributed by atoms with Gasteiger partial charge in [0.15, 0.2) is 68.5 Å². The van der Waals surface area contributed by atoms with Gasteiger partial charge in [0.05, 0.1) is 49.3 Å². The van der Waals surface area contributed by atoms with Crippen molar-refractivity contribution in [1.82, 2.24) is 4.57 Å². The Balaban J connectivity index is 1.25. The fourth-order valence-corrected chi connectivity index (χ4v) is 8.70. The van der Waals surface area contributed by atoms with Crippen molar-refractivity contribution in [3.63, 3.8) is 0 Å². The molecule has 64 heavy (non-hydrogen) atoms. The molecule has 3 heterocycles. The molecule has 10 rings (SSSR count). The highest BCUT2D eigenvalue weighted by atomic mass is 79.9. The zero-order valence-electron chi connectivity index (χ0n) is 31.3. The molecule has 7 aromatic carbocycles. The van der Waals surface area contributed by atoms with Crippen LogP contribution >= 0.6 is 15.9 Å². The number of aromatic nitrogens is 1. The first kappa shape index (κ1) is 39.2. The second-order valence-electron chi connectivity index (χ2n) is 14.6. The number of phenolic OH excluding ortho intramolecular Hbond substituents is 17. The molecule has 0 saturated carbocycles. The lowest BCUT2D eigenvalue weighted by atomic mass is 9.90. The molecule has 0 unspecified atom stereocenters. The van der Waals surface area contributed by atoms with Gasteiger partial charge in [0.25, 0.3) is 0 Å². The lowest BCUT2D eigenvalue weighted by Gasteiger charge is -2.18. The van der Waals surface area contributed by atoms with Crippen molar-refractivity contribution in [2.24, 2.45) is 0 Å². The lowest BCUT2D eigenvalue weighted by Crippen LogP contribution is -2.03. The molecule has 0 fully saturated rings. The third-order valence-electron chi connectivity index (χ3n) is 11.3. The Bertz CT molecular complexity index is 3820. The van der Waals surface area contributed by atoms with E-state index in [-0.39, 0.29) is 27.4 Å². The average molecular weight is 936 g/mol. The summed E-state index contributed by atoms with van der Waals surface area (Å²) in [4.78, 5) is 0. The maximum Gasteiger partial charge on any atom is 0.208 e. The fourth-order valence-electron chi connectivity index (χ4n) is 8.34. The highest BCUT2D eigenvalue weighted by Gasteiger charge is 2.36. The van der Waals surface area contributed by atoms with Crippen LogP contribution in [0.15, 0.2) is 49.7 Å². The van der Waals surface area contributed by atoms with E-state index in [9.17, 15) is 86.8 Å². The largest absolute Gasteiger partial charge is 0.506 e. The number of furan rings is 2. The Morgan fingerprint density at radius 3 is 1.39 bits per heavy atom. The first-order valence-corrected chi connectivity index (χ1v) is 18.8. The monoisotopic (exact) mass is 935 g/mol. The molecule has 0 saturated heterocycles. The van der Waals surface area contributed by atoms with Gasteiger partial charge in [0.1, 0.15) is 24.9 Å². The van der Waals surface area contributed by atoms with E-state index in [0.29, 0.717) is 9.86 Å². The van der Waals surface area contributed by atoms with Crippen LogP contribution in [0.25, 0.3) is 93.6 Å². The van der Waals surface area contributed by atoms with Gasteiger partial charge in [-0.1, -0.05) is 22.0 Å². The maximum absolute atomic E-state index is 11.6. The standard InChI is InChI=1S/C42H23BBrNO19/c43-20-30(54)32(56)29(53)19-18-22(46)15(27(51)36(60)42(18)63-39(19)20)16-25(49)23(47)13(24(48)26(16)50)7-1-3-11-9(5-7)10-6-8(44)2-4-12(10)45(11)21-14-17-28(52)33(57)35(59)38(62)41(17)64-40(14)37(61)34(58)31(21)55/h1-6,46-62H. The van der Waals surface area contributed by atoms with Crippen molar-refractivity contribution in [2.45, 2.75) is 0 Å². The number of rotatable bonds is 3. The second kappa shape index (κ2) is 12.6. The number of aromatic hydroxyl groups is 17. The van der Waals surface area contributed by atoms with E-state index >= 15 is 0 Å². The first-order chi connectivity index (χ1) is 30.2. The molecule has 22 heteroatoms. The maximum atomic E-state index is 11.6. The van der Waals surface area contributed by atoms with E-state index in [1.54, 1.807) is 12.1 Å². The van der Waals surface area contributed by atoms with Gasteiger partial charge >= 0.3 is 0 Å². The summed E-state index contributed by atoms with van der Waals surface area (Å²) < 4.78 is 12.8. The quantitative estimate of drug-likeness (QED) is 0.0512. The Morgan fingerprint density at radius 1 is 0.375 bits per heavy atom. The second-order valence-corrected chi connectivity index (χ2v) is 15.5. The summed E-state index contributed by atoms with van der Waals surface area (Å²) in [6.07, 6.45) is 0. The zero-order chi connectivity index (χ0) is 46.0. The third kappa shape index (κ3) is 4.59. The number of halogens is 1. The number of benzene rings is 7. The van der Waals surface area contributed by atoms with Crippen LogP contribution in [0.1, 0.15) is 0 Å². The minimum Gasteiger partial charge on any atom is -0.506 e. The molecule has 0 atom stereocenters. The lowest BCUT2D eigenvalue weighted by molar-refractivity contribution is 0.347. The van der Waals surface area contributed by atoms with E-state index < -0.39 is 164 Å². The molecular weight excluding hydrogens is 913 g/mol. The van der Waals surface area contributed by atoms with Gasteiger partial charge in [-0.15, -0.1) is 0 Å². The predicted octanol–water partition coefficient (Wildman–Crippen LogP) is 6.47. The van der Waals surface area contributed by atoms with Gasteiger partial charge in [0, 0.05) is 15.2 Å². The summed E-state index contributed by atoms with van der Waals surface area (Å²) in [5, 5.41) is 185. The third-order valence-corrected chi connectivity index (χ3v) is 11.8. The van der Waals surface area contributed by atoms with E-state index in [1.165, 1.54) is 28.8 Å². The highest BCUT2D eigenvalue weighted by Crippen LogP contribution is 2.63. The summed E-state index contributed by atoms with van der Waals surface area (Å²) in [5.41, 5.74) is -6.23. The zero-order valence-corrected chi connectivity index (χ0v) is 32.9. The SMILES string of the molecule is [B]c1c(O)c(O)c(O)c2c1oc1c(O)c(O)c(-c3c(O)c(O)c(-c4ccc5c(c4)c4cc(Br)ccc4n5-c4c(O)c(O)c(O)c5oc6c(O)c(O)c(O)c(O)c6c45)c(O)c3O)c(O)c12. The number of nitrogens with zero attached hydrogens (tertiary/aromatic N) is 1. The molecular formula is C42H23BBrNO19.